The summed E-state index contributed by atoms with van der Waals surface area (Å²) in [6.45, 7) is 1.99. The standard InChI is InChI=1S/C30H25N3O2S/c1-20-10-12-23(13-11-20)29(34)32-24-8-5-9-26(18-24)36-28(22-6-3-2-4-7-22)30(35)33-25-15-14-21-16-17-31-27(21)19-25/h2-19,28,31H,1H3,(H,32,34)(H,33,35). The van der Waals surface area contributed by atoms with Crippen LogP contribution >= 0.6 is 11.8 Å². The first-order valence-electron chi connectivity index (χ1n) is 11.6. The van der Waals surface area contributed by atoms with Gasteiger partial charge in [0.15, 0.2) is 0 Å². The monoisotopic (exact) mass is 491 g/mol. The molecule has 0 aliphatic rings. The van der Waals surface area contributed by atoms with Gasteiger partial charge >= 0.3 is 0 Å². The summed E-state index contributed by atoms with van der Waals surface area (Å²) in [7, 11) is 0. The SMILES string of the molecule is Cc1ccc(C(=O)Nc2cccc(SC(C(=O)Nc3ccc4cc[nH]c4c3)c3ccccc3)c2)cc1. The van der Waals surface area contributed by atoms with Gasteiger partial charge in [-0.05, 0) is 66.4 Å². The predicted octanol–water partition coefficient (Wildman–Crippen LogP) is 7.20. The summed E-state index contributed by atoms with van der Waals surface area (Å²) >= 11 is 1.44. The van der Waals surface area contributed by atoms with Crippen molar-refractivity contribution in [1.29, 1.82) is 0 Å². The Labute approximate surface area is 213 Å². The van der Waals surface area contributed by atoms with Crippen molar-refractivity contribution in [3.05, 3.63) is 126 Å². The summed E-state index contributed by atoms with van der Waals surface area (Å²) in [6, 6.07) is 32.5. The molecule has 0 spiro atoms. The number of amides is 2. The smallest absolute Gasteiger partial charge is 0.255 e. The molecule has 1 unspecified atom stereocenters. The van der Waals surface area contributed by atoms with Gasteiger partial charge in [0.2, 0.25) is 5.91 Å². The molecule has 36 heavy (non-hydrogen) atoms. The minimum atomic E-state index is -0.478. The van der Waals surface area contributed by atoms with Crippen LogP contribution in [0.15, 0.2) is 114 Å². The number of thioether (sulfide) groups is 1. The van der Waals surface area contributed by atoms with Crippen LogP contribution in [-0.4, -0.2) is 16.8 Å². The molecule has 0 fully saturated rings. The van der Waals surface area contributed by atoms with Crippen LogP contribution in [0.25, 0.3) is 10.9 Å². The summed E-state index contributed by atoms with van der Waals surface area (Å²) < 4.78 is 0. The number of carbonyl (C=O) groups is 2. The average Bonchev–Trinajstić information content (AvgIpc) is 3.36. The Bertz CT molecular complexity index is 1510. The number of rotatable bonds is 7. The average molecular weight is 492 g/mol. The molecule has 5 aromatic rings. The number of carbonyl (C=O) groups excluding carboxylic acids is 2. The van der Waals surface area contributed by atoms with E-state index in [1.165, 1.54) is 11.8 Å². The first-order chi connectivity index (χ1) is 17.5. The van der Waals surface area contributed by atoms with Gasteiger partial charge < -0.3 is 15.6 Å². The maximum absolute atomic E-state index is 13.5. The minimum Gasteiger partial charge on any atom is -0.361 e. The van der Waals surface area contributed by atoms with Gasteiger partial charge in [-0.3, -0.25) is 9.59 Å². The molecule has 4 aromatic carbocycles. The molecule has 5 nitrogen and oxygen atoms in total. The van der Waals surface area contributed by atoms with E-state index in [9.17, 15) is 9.59 Å². The van der Waals surface area contributed by atoms with Crippen molar-refractivity contribution in [2.75, 3.05) is 10.6 Å². The Morgan fingerprint density at radius 2 is 1.56 bits per heavy atom. The van der Waals surface area contributed by atoms with E-state index < -0.39 is 5.25 Å². The Morgan fingerprint density at radius 3 is 2.36 bits per heavy atom. The lowest BCUT2D eigenvalue weighted by Gasteiger charge is -2.18. The van der Waals surface area contributed by atoms with E-state index in [1.807, 2.05) is 116 Å². The zero-order valence-corrected chi connectivity index (χ0v) is 20.5. The molecule has 178 valence electrons. The quantitative estimate of drug-likeness (QED) is 0.211. The zero-order chi connectivity index (χ0) is 24.9. The number of benzene rings is 4. The van der Waals surface area contributed by atoms with Crippen LogP contribution in [-0.2, 0) is 4.79 Å². The van der Waals surface area contributed by atoms with Gasteiger partial charge in [-0.1, -0.05) is 60.2 Å². The third kappa shape index (κ3) is 5.50. The van der Waals surface area contributed by atoms with E-state index in [0.29, 0.717) is 11.3 Å². The van der Waals surface area contributed by atoms with Crippen LogP contribution in [0.3, 0.4) is 0 Å². The third-order valence-corrected chi connectivity index (χ3v) is 7.07. The highest BCUT2D eigenvalue weighted by atomic mass is 32.2. The zero-order valence-electron chi connectivity index (χ0n) is 19.7. The number of hydrogen-bond acceptors (Lipinski definition) is 3. The fourth-order valence-electron chi connectivity index (χ4n) is 3.93. The molecule has 2 amide bonds. The molecule has 0 saturated carbocycles. The first-order valence-corrected chi connectivity index (χ1v) is 12.5. The summed E-state index contributed by atoms with van der Waals surface area (Å²) in [5.41, 5.74) is 4.97. The number of aromatic nitrogens is 1. The summed E-state index contributed by atoms with van der Waals surface area (Å²) in [4.78, 5) is 30.2. The molecule has 1 aromatic heterocycles. The van der Waals surface area contributed by atoms with Gasteiger partial charge in [-0.15, -0.1) is 11.8 Å². The number of anilines is 2. The van der Waals surface area contributed by atoms with Crippen LogP contribution in [0.4, 0.5) is 11.4 Å². The van der Waals surface area contributed by atoms with Gasteiger partial charge in [0.25, 0.3) is 5.91 Å². The fourth-order valence-corrected chi connectivity index (χ4v) is 5.01. The maximum Gasteiger partial charge on any atom is 0.255 e. The Hall–Kier alpha value is -4.29. The normalized spacial score (nSPS) is 11.7. The number of H-pyrrole nitrogens is 1. The number of nitrogens with one attached hydrogen (secondary N) is 3. The van der Waals surface area contributed by atoms with E-state index in [2.05, 4.69) is 15.6 Å². The lowest BCUT2D eigenvalue weighted by Crippen LogP contribution is -2.19. The van der Waals surface area contributed by atoms with Crippen molar-refractivity contribution in [3.8, 4) is 0 Å². The number of aryl methyl sites for hydroxylation is 1. The molecule has 0 saturated heterocycles. The van der Waals surface area contributed by atoms with Crippen LogP contribution in [0.2, 0.25) is 0 Å². The van der Waals surface area contributed by atoms with Gasteiger partial charge in [-0.2, -0.15) is 0 Å². The number of hydrogen-bond donors (Lipinski definition) is 3. The molecule has 0 aliphatic carbocycles. The molecule has 6 heteroatoms. The van der Waals surface area contributed by atoms with E-state index in [1.54, 1.807) is 0 Å². The Kier molecular flexibility index (Phi) is 6.87. The molecular weight excluding hydrogens is 466 g/mol. The van der Waals surface area contributed by atoms with Crippen molar-refractivity contribution in [1.82, 2.24) is 4.98 Å². The van der Waals surface area contributed by atoms with Crippen molar-refractivity contribution >= 4 is 45.9 Å². The maximum atomic E-state index is 13.5. The predicted molar refractivity (Wildman–Crippen MR) is 148 cm³/mol. The second kappa shape index (κ2) is 10.5. The Balaban J connectivity index is 1.35. The third-order valence-electron chi connectivity index (χ3n) is 5.82. The number of aromatic amines is 1. The summed E-state index contributed by atoms with van der Waals surface area (Å²) in [6.07, 6.45) is 1.88. The molecule has 3 N–H and O–H groups in total. The summed E-state index contributed by atoms with van der Waals surface area (Å²) in [5, 5.41) is 6.64. The molecule has 1 heterocycles. The largest absolute Gasteiger partial charge is 0.361 e. The lowest BCUT2D eigenvalue weighted by atomic mass is 10.1. The first kappa shape index (κ1) is 23.5. The molecule has 0 bridgehead atoms. The van der Waals surface area contributed by atoms with Gasteiger partial charge in [-0.25, -0.2) is 0 Å². The molecule has 0 radical (unpaired) electrons. The van der Waals surface area contributed by atoms with Crippen LogP contribution in [0.1, 0.15) is 26.7 Å². The topological polar surface area (TPSA) is 74.0 Å². The Morgan fingerprint density at radius 1 is 0.778 bits per heavy atom. The van der Waals surface area contributed by atoms with Crippen molar-refractivity contribution in [3.63, 3.8) is 0 Å². The van der Waals surface area contributed by atoms with E-state index in [4.69, 9.17) is 0 Å². The number of fused-ring (bicyclic) bond motifs is 1. The van der Waals surface area contributed by atoms with Crippen LogP contribution in [0.5, 0.6) is 0 Å². The molecule has 0 aliphatic heterocycles. The van der Waals surface area contributed by atoms with Gasteiger partial charge in [0.1, 0.15) is 5.25 Å². The highest BCUT2D eigenvalue weighted by Crippen LogP contribution is 2.37. The second-order valence-electron chi connectivity index (χ2n) is 8.53. The van der Waals surface area contributed by atoms with Crippen molar-refractivity contribution in [2.24, 2.45) is 0 Å². The van der Waals surface area contributed by atoms with Crippen molar-refractivity contribution < 1.29 is 9.59 Å². The fraction of sp³-hybridized carbons (Fsp3) is 0.0667. The lowest BCUT2D eigenvalue weighted by molar-refractivity contribution is -0.115. The van der Waals surface area contributed by atoms with Gasteiger partial charge in [0, 0.05) is 33.5 Å². The summed E-state index contributed by atoms with van der Waals surface area (Å²) in [5.74, 6) is -0.291. The van der Waals surface area contributed by atoms with Crippen molar-refractivity contribution in [2.45, 2.75) is 17.1 Å². The van der Waals surface area contributed by atoms with Crippen LogP contribution in [0, 0.1) is 6.92 Å². The minimum absolute atomic E-state index is 0.119. The highest BCUT2D eigenvalue weighted by molar-refractivity contribution is 8.00. The highest BCUT2D eigenvalue weighted by Gasteiger charge is 2.22. The van der Waals surface area contributed by atoms with E-state index >= 15 is 0 Å². The second-order valence-corrected chi connectivity index (χ2v) is 9.70. The van der Waals surface area contributed by atoms with E-state index in [0.717, 1.165) is 32.6 Å². The molecule has 1 atom stereocenters. The van der Waals surface area contributed by atoms with Crippen LogP contribution < -0.4 is 10.6 Å². The van der Waals surface area contributed by atoms with Gasteiger partial charge in [0.05, 0.1) is 0 Å². The molecular formula is C30H25N3O2S. The van der Waals surface area contributed by atoms with E-state index in [-0.39, 0.29) is 11.8 Å². The molecule has 5 rings (SSSR count).